The zero-order valence-corrected chi connectivity index (χ0v) is 21.7. The molecule has 1 N–H and O–H groups in total. The van der Waals surface area contributed by atoms with E-state index in [1.807, 2.05) is 13.8 Å². The van der Waals surface area contributed by atoms with E-state index in [4.69, 9.17) is 17.0 Å². The molecule has 0 bridgehead atoms. The molecule has 4 rings (SSSR count). The SMILES string of the molecule is CCOC(=O)c1ccc(NC(=O)CN2C(=O)/C(=C3/SC(=S)N(CC(C)C)C3=O)c3ccccc32)cc1. The predicted molar refractivity (Wildman–Crippen MR) is 143 cm³/mol. The van der Waals surface area contributed by atoms with Crippen molar-refractivity contribution in [3.05, 3.63) is 64.6 Å². The summed E-state index contributed by atoms with van der Waals surface area (Å²) in [4.78, 5) is 54.5. The van der Waals surface area contributed by atoms with Crippen LogP contribution in [-0.2, 0) is 19.1 Å². The number of nitrogens with one attached hydrogen (secondary N) is 1. The molecule has 2 aromatic carbocycles. The number of carbonyl (C=O) groups is 4. The minimum atomic E-state index is -0.444. The first-order valence-corrected chi connectivity index (χ1v) is 12.7. The standard InChI is InChI=1S/C26H25N3O5S2/c1-4-34-25(33)16-9-11-17(12-10-16)27-20(30)14-28-19-8-6-5-7-18(19)21(23(28)31)22-24(32)29(13-15(2)3)26(35)36-22/h5-12,15H,4,13-14H2,1-3H3,(H,27,30)/b22-21+. The summed E-state index contributed by atoms with van der Waals surface area (Å²) in [5, 5.41) is 2.75. The summed E-state index contributed by atoms with van der Waals surface area (Å²) >= 11 is 6.53. The molecule has 1 saturated heterocycles. The summed E-state index contributed by atoms with van der Waals surface area (Å²) in [6, 6.07) is 13.4. The second-order valence-corrected chi connectivity index (χ2v) is 10.3. The van der Waals surface area contributed by atoms with Crippen molar-refractivity contribution >= 4 is 68.9 Å². The summed E-state index contributed by atoms with van der Waals surface area (Å²) in [6.45, 7) is 6.21. The van der Waals surface area contributed by atoms with Gasteiger partial charge in [0.15, 0.2) is 0 Å². The third kappa shape index (κ3) is 5.05. The zero-order chi connectivity index (χ0) is 26.0. The number of rotatable bonds is 7. The Morgan fingerprint density at radius 1 is 1.03 bits per heavy atom. The second-order valence-electron chi connectivity index (χ2n) is 8.64. The molecular weight excluding hydrogens is 498 g/mol. The van der Waals surface area contributed by atoms with E-state index in [9.17, 15) is 19.2 Å². The van der Waals surface area contributed by atoms with Crippen molar-refractivity contribution < 1.29 is 23.9 Å². The monoisotopic (exact) mass is 523 g/mol. The van der Waals surface area contributed by atoms with Gasteiger partial charge < -0.3 is 10.1 Å². The van der Waals surface area contributed by atoms with E-state index in [1.165, 1.54) is 9.80 Å². The molecule has 2 aliphatic heterocycles. The number of anilines is 2. The average molecular weight is 524 g/mol. The van der Waals surface area contributed by atoms with Crippen LogP contribution < -0.4 is 10.2 Å². The van der Waals surface area contributed by atoms with Crippen molar-refractivity contribution in [3.8, 4) is 0 Å². The molecule has 2 aromatic rings. The van der Waals surface area contributed by atoms with Gasteiger partial charge in [-0.05, 0) is 43.2 Å². The summed E-state index contributed by atoms with van der Waals surface area (Å²) in [5.74, 6) is -1.36. The van der Waals surface area contributed by atoms with Crippen molar-refractivity contribution in [1.29, 1.82) is 0 Å². The fraction of sp³-hybridized carbons (Fsp3) is 0.269. The maximum Gasteiger partial charge on any atom is 0.338 e. The molecular formula is C26H25N3O5S2. The molecule has 0 spiro atoms. The Hall–Kier alpha value is -3.50. The fourth-order valence-corrected chi connectivity index (χ4v) is 5.32. The summed E-state index contributed by atoms with van der Waals surface area (Å²) in [7, 11) is 0. The van der Waals surface area contributed by atoms with Crippen LogP contribution in [0.3, 0.4) is 0 Å². The molecule has 0 saturated carbocycles. The number of amides is 3. The van der Waals surface area contributed by atoms with Gasteiger partial charge in [-0.3, -0.25) is 24.2 Å². The Morgan fingerprint density at radius 2 is 1.72 bits per heavy atom. The molecule has 0 aromatic heterocycles. The summed E-state index contributed by atoms with van der Waals surface area (Å²) in [6.07, 6.45) is 0. The van der Waals surface area contributed by atoms with E-state index in [0.717, 1.165) is 11.8 Å². The topological polar surface area (TPSA) is 96.0 Å². The number of ether oxygens (including phenoxy) is 1. The molecule has 186 valence electrons. The van der Waals surface area contributed by atoms with Gasteiger partial charge in [0.2, 0.25) is 5.91 Å². The first-order chi connectivity index (χ1) is 17.2. The van der Waals surface area contributed by atoms with E-state index in [1.54, 1.807) is 55.5 Å². The van der Waals surface area contributed by atoms with Crippen molar-refractivity contribution in [3.63, 3.8) is 0 Å². The van der Waals surface area contributed by atoms with Crippen LogP contribution in [0.1, 0.15) is 36.7 Å². The van der Waals surface area contributed by atoms with Crippen molar-refractivity contribution in [1.82, 2.24) is 4.90 Å². The van der Waals surface area contributed by atoms with Crippen LogP contribution in [-0.4, -0.2) is 52.6 Å². The highest BCUT2D eigenvalue weighted by Crippen LogP contribution is 2.44. The van der Waals surface area contributed by atoms with Gasteiger partial charge in [-0.1, -0.05) is 56.0 Å². The Kier molecular flexibility index (Phi) is 7.56. The van der Waals surface area contributed by atoms with Gasteiger partial charge in [-0.25, -0.2) is 4.79 Å². The van der Waals surface area contributed by atoms with Crippen LogP contribution in [0.25, 0.3) is 5.57 Å². The predicted octanol–water partition coefficient (Wildman–Crippen LogP) is 4.08. The minimum absolute atomic E-state index is 0.218. The third-order valence-electron chi connectivity index (χ3n) is 5.53. The van der Waals surface area contributed by atoms with E-state index < -0.39 is 17.8 Å². The van der Waals surface area contributed by atoms with Crippen molar-refractivity contribution in [2.45, 2.75) is 20.8 Å². The van der Waals surface area contributed by atoms with E-state index in [-0.39, 0.29) is 35.5 Å². The lowest BCUT2D eigenvalue weighted by atomic mass is 10.1. The number of fused-ring (bicyclic) bond motifs is 1. The Balaban J connectivity index is 1.55. The normalized spacial score (nSPS) is 17.2. The van der Waals surface area contributed by atoms with Crippen LogP contribution in [0, 0.1) is 5.92 Å². The summed E-state index contributed by atoms with van der Waals surface area (Å²) in [5.41, 5.74) is 2.26. The number of benzene rings is 2. The number of para-hydroxylation sites is 1. The lowest BCUT2D eigenvalue weighted by Crippen LogP contribution is -2.36. The lowest BCUT2D eigenvalue weighted by Gasteiger charge is -2.17. The van der Waals surface area contributed by atoms with Gasteiger partial charge in [0.05, 0.1) is 28.3 Å². The molecule has 2 aliphatic rings. The molecule has 1 fully saturated rings. The summed E-state index contributed by atoms with van der Waals surface area (Å²) < 4.78 is 5.38. The largest absolute Gasteiger partial charge is 0.462 e. The number of hydrogen-bond acceptors (Lipinski definition) is 7. The minimum Gasteiger partial charge on any atom is -0.462 e. The van der Waals surface area contributed by atoms with Gasteiger partial charge in [-0.2, -0.15) is 0 Å². The molecule has 3 amide bonds. The van der Waals surface area contributed by atoms with E-state index in [2.05, 4.69) is 5.32 Å². The van der Waals surface area contributed by atoms with Gasteiger partial charge >= 0.3 is 5.97 Å². The number of hydrogen-bond donors (Lipinski definition) is 1. The smallest absolute Gasteiger partial charge is 0.338 e. The number of carbonyl (C=O) groups excluding carboxylic acids is 4. The number of thioether (sulfide) groups is 1. The molecule has 0 unspecified atom stereocenters. The molecule has 10 heteroatoms. The van der Waals surface area contributed by atoms with Gasteiger partial charge in [0.1, 0.15) is 10.9 Å². The Bertz CT molecular complexity index is 1290. The highest BCUT2D eigenvalue weighted by Gasteiger charge is 2.42. The van der Waals surface area contributed by atoms with Crippen LogP contribution in [0.4, 0.5) is 11.4 Å². The second kappa shape index (κ2) is 10.6. The van der Waals surface area contributed by atoms with Gasteiger partial charge in [0.25, 0.3) is 11.8 Å². The van der Waals surface area contributed by atoms with Gasteiger partial charge in [0, 0.05) is 17.8 Å². The van der Waals surface area contributed by atoms with Crippen LogP contribution in [0.2, 0.25) is 0 Å². The lowest BCUT2D eigenvalue weighted by molar-refractivity contribution is -0.122. The maximum absolute atomic E-state index is 13.5. The molecule has 0 atom stereocenters. The molecule has 36 heavy (non-hydrogen) atoms. The van der Waals surface area contributed by atoms with Gasteiger partial charge in [-0.15, -0.1) is 0 Å². The van der Waals surface area contributed by atoms with Crippen LogP contribution in [0.15, 0.2) is 53.4 Å². The third-order valence-corrected chi connectivity index (χ3v) is 6.98. The van der Waals surface area contributed by atoms with E-state index in [0.29, 0.717) is 33.4 Å². The zero-order valence-electron chi connectivity index (χ0n) is 20.1. The fourth-order valence-electron chi connectivity index (χ4n) is 3.98. The number of esters is 1. The number of nitrogens with zero attached hydrogens (tertiary/aromatic N) is 2. The highest BCUT2D eigenvalue weighted by molar-refractivity contribution is 8.26. The molecule has 8 nitrogen and oxygen atoms in total. The molecule has 0 aliphatic carbocycles. The highest BCUT2D eigenvalue weighted by atomic mass is 32.2. The van der Waals surface area contributed by atoms with Crippen molar-refractivity contribution in [2.24, 2.45) is 5.92 Å². The first kappa shape index (κ1) is 25.6. The van der Waals surface area contributed by atoms with E-state index >= 15 is 0 Å². The van der Waals surface area contributed by atoms with Crippen LogP contribution in [0.5, 0.6) is 0 Å². The Morgan fingerprint density at radius 3 is 2.39 bits per heavy atom. The Labute approximate surface area is 218 Å². The molecule has 0 radical (unpaired) electrons. The quantitative estimate of drug-likeness (QED) is 0.332. The van der Waals surface area contributed by atoms with Crippen LogP contribution >= 0.6 is 24.0 Å². The molecule has 2 heterocycles. The first-order valence-electron chi connectivity index (χ1n) is 11.5. The maximum atomic E-state index is 13.5. The average Bonchev–Trinajstić information content (AvgIpc) is 3.26. The number of thiocarbonyl (C=S) groups is 1. The van der Waals surface area contributed by atoms with Crippen molar-refractivity contribution in [2.75, 3.05) is 29.9 Å².